The van der Waals surface area contributed by atoms with E-state index in [4.69, 9.17) is 20.2 Å². The number of nitrogen functional groups attached to an aromatic ring is 1. The first kappa shape index (κ1) is 20.8. The van der Waals surface area contributed by atoms with Gasteiger partial charge in [0.2, 0.25) is 0 Å². The minimum Gasteiger partial charge on any atom is -0.444 e. The lowest BCUT2D eigenvalue weighted by Gasteiger charge is -2.27. The molecule has 0 bridgehead atoms. The van der Waals surface area contributed by atoms with Gasteiger partial charge in [-0.15, -0.1) is 0 Å². The molecule has 3 N–H and O–H groups in total. The normalized spacial score (nSPS) is 18.3. The van der Waals surface area contributed by atoms with Crippen molar-refractivity contribution >= 4 is 28.9 Å². The lowest BCUT2D eigenvalue weighted by atomic mass is 9.85. The fourth-order valence-corrected chi connectivity index (χ4v) is 3.35. The van der Waals surface area contributed by atoms with Crippen LogP contribution in [0.25, 0.3) is 10.9 Å². The zero-order valence-electron chi connectivity index (χ0n) is 17.1. The summed E-state index contributed by atoms with van der Waals surface area (Å²) in [6, 6.07) is 7.91. The molecule has 1 amide bonds. The Morgan fingerprint density at radius 1 is 1.24 bits per heavy atom. The average molecular weight is 396 g/mol. The number of amides is 1. The molecule has 29 heavy (non-hydrogen) atoms. The van der Waals surface area contributed by atoms with Gasteiger partial charge in [0.25, 0.3) is 0 Å². The summed E-state index contributed by atoms with van der Waals surface area (Å²) < 4.78 is 10.9. The maximum Gasteiger partial charge on any atom is 0.407 e. The van der Waals surface area contributed by atoms with Gasteiger partial charge in [0.15, 0.2) is 0 Å². The number of benzene rings is 1. The largest absolute Gasteiger partial charge is 0.444 e. The Bertz CT molecular complexity index is 919. The number of hydrogen-bond acceptors (Lipinski definition) is 6. The van der Waals surface area contributed by atoms with Crippen LogP contribution in [0.2, 0.25) is 0 Å². The minimum absolute atomic E-state index is 0.376. The molecule has 0 radical (unpaired) electrons. The van der Waals surface area contributed by atoms with Gasteiger partial charge in [-0.2, -0.15) is 0 Å². The Morgan fingerprint density at radius 2 is 2.03 bits per heavy atom. The highest BCUT2D eigenvalue weighted by Gasteiger charge is 2.34. The van der Waals surface area contributed by atoms with Gasteiger partial charge < -0.3 is 20.5 Å². The predicted octanol–water partition coefficient (Wildman–Crippen LogP) is 3.58. The number of para-hydroxylation sites is 1. The molecule has 154 valence electrons. The molecule has 0 saturated carbocycles. The van der Waals surface area contributed by atoms with Crippen LogP contribution in [0.3, 0.4) is 0 Å². The number of nitrogens with zero attached hydrogens (tertiary/aromatic N) is 2. The van der Waals surface area contributed by atoms with Gasteiger partial charge in [0, 0.05) is 36.7 Å². The van der Waals surface area contributed by atoms with Crippen molar-refractivity contribution in [3.63, 3.8) is 0 Å². The first-order chi connectivity index (χ1) is 13.8. The molecule has 0 fully saturated rings. The van der Waals surface area contributed by atoms with Crippen LogP contribution in [-0.2, 0) is 15.0 Å². The molecule has 1 aliphatic heterocycles. The number of rotatable bonds is 7. The Balaban J connectivity index is 1.61. The zero-order chi connectivity index (χ0) is 20.9. The highest BCUT2D eigenvalue weighted by Crippen LogP contribution is 2.40. The summed E-state index contributed by atoms with van der Waals surface area (Å²) >= 11 is 0. The Hall–Kier alpha value is -2.93. The Labute approximate surface area is 171 Å². The van der Waals surface area contributed by atoms with E-state index in [0.717, 1.165) is 16.5 Å². The van der Waals surface area contributed by atoms with E-state index >= 15 is 0 Å². The van der Waals surface area contributed by atoms with E-state index in [0.29, 0.717) is 31.9 Å². The molecule has 1 aliphatic rings. The van der Waals surface area contributed by atoms with Crippen molar-refractivity contribution in [3.05, 3.63) is 48.2 Å². The first-order valence-corrected chi connectivity index (χ1v) is 9.72. The summed E-state index contributed by atoms with van der Waals surface area (Å²) in [7, 11) is 0. The van der Waals surface area contributed by atoms with E-state index in [1.165, 1.54) is 0 Å². The first-order valence-electron chi connectivity index (χ1n) is 9.72. The van der Waals surface area contributed by atoms with Crippen LogP contribution in [0.4, 0.5) is 10.5 Å². The van der Waals surface area contributed by atoms with Gasteiger partial charge in [-0.25, -0.2) is 4.79 Å². The van der Waals surface area contributed by atoms with Crippen molar-refractivity contribution in [2.45, 2.75) is 38.3 Å². The maximum absolute atomic E-state index is 11.7. The molecule has 7 heteroatoms. The monoisotopic (exact) mass is 396 g/mol. The molecular formula is C22H28N4O3. The molecular weight excluding hydrogens is 368 g/mol. The number of pyridine rings is 1. The van der Waals surface area contributed by atoms with Gasteiger partial charge in [-0.3, -0.25) is 9.98 Å². The molecule has 2 aromatic rings. The summed E-state index contributed by atoms with van der Waals surface area (Å²) in [4.78, 5) is 20.8. The van der Waals surface area contributed by atoms with Crippen molar-refractivity contribution in [2.24, 2.45) is 4.99 Å². The molecule has 1 aromatic heterocycles. The summed E-state index contributed by atoms with van der Waals surface area (Å²) in [5.74, 6) is 0. The summed E-state index contributed by atoms with van der Waals surface area (Å²) in [6.07, 6.45) is 7.64. The van der Waals surface area contributed by atoms with Crippen LogP contribution in [0.1, 0.15) is 32.8 Å². The van der Waals surface area contributed by atoms with E-state index in [1.807, 2.05) is 57.2 Å². The summed E-state index contributed by atoms with van der Waals surface area (Å²) in [6.45, 7) is 6.70. The number of fused-ring (bicyclic) bond motifs is 1. The number of nitrogens with two attached hydrogens (primary N) is 1. The van der Waals surface area contributed by atoms with Gasteiger partial charge in [0.05, 0.1) is 24.0 Å². The van der Waals surface area contributed by atoms with Crippen LogP contribution in [0.15, 0.2) is 47.6 Å². The second kappa shape index (κ2) is 8.61. The van der Waals surface area contributed by atoms with Crippen molar-refractivity contribution in [1.29, 1.82) is 0 Å². The van der Waals surface area contributed by atoms with Crippen LogP contribution < -0.4 is 11.1 Å². The molecule has 2 heterocycles. The van der Waals surface area contributed by atoms with Crippen LogP contribution in [0.5, 0.6) is 0 Å². The van der Waals surface area contributed by atoms with Crippen molar-refractivity contribution in [1.82, 2.24) is 10.3 Å². The van der Waals surface area contributed by atoms with E-state index in [-0.39, 0.29) is 0 Å². The van der Waals surface area contributed by atoms with Crippen molar-refractivity contribution in [2.75, 3.05) is 25.5 Å². The lowest BCUT2D eigenvalue weighted by molar-refractivity contribution is 0.0495. The standard InChI is InChI=1S/C22H28N4O3/c1-21(2,3)29-20(27)24-12-14-28-13-10-22(9-6-11-26-22)19-16-7-4-5-8-18(16)25-15-17(19)23/h4-9,11,15H,10,12-14,23H2,1-3H3,(H,24,27). The summed E-state index contributed by atoms with van der Waals surface area (Å²) in [5, 5.41) is 3.67. The van der Waals surface area contributed by atoms with Gasteiger partial charge in [-0.1, -0.05) is 24.3 Å². The van der Waals surface area contributed by atoms with E-state index in [9.17, 15) is 4.79 Å². The number of allylic oxidation sites excluding steroid dienone is 1. The van der Waals surface area contributed by atoms with Gasteiger partial charge >= 0.3 is 6.09 Å². The molecule has 0 aliphatic carbocycles. The van der Waals surface area contributed by atoms with Crippen LogP contribution in [-0.4, -0.2) is 42.7 Å². The minimum atomic E-state index is -0.578. The van der Waals surface area contributed by atoms with E-state index in [2.05, 4.69) is 10.3 Å². The molecule has 7 nitrogen and oxygen atoms in total. The number of aromatic nitrogens is 1. The second-order valence-corrected chi connectivity index (χ2v) is 7.96. The number of carbonyl (C=O) groups excluding carboxylic acids is 1. The molecule has 1 aromatic carbocycles. The number of carbonyl (C=O) groups is 1. The third-order valence-corrected chi connectivity index (χ3v) is 4.54. The number of aliphatic imine (C=N–C) groups is 1. The molecule has 1 atom stereocenters. The van der Waals surface area contributed by atoms with Crippen molar-refractivity contribution < 1.29 is 14.3 Å². The lowest BCUT2D eigenvalue weighted by Crippen LogP contribution is -2.34. The molecule has 0 spiro atoms. The predicted molar refractivity (Wildman–Crippen MR) is 115 cm³/mol. The van der Waals surface area contributed by atoms with Gasteiger partial charge in [-0.05, 0) is 32.9 Å². The third kappa shape index (κ3) is 5.12. The van der Waals surface area contributed by atoms with Crippen molar-refractivity contribution in [3.8, 4) is 0 Å². The second-order valence-electron chi connectivity index (χ2n) is 7.96. The van der Waals surface area contributed by atoms with Gasteiger partial charge in [0.1, 0.15) is 11.1 Å². The summed E-state index contributed by atoms with van der Waals surface area (Å²) in [5.41, 5.74) is 7.66. The number of ether oxygens (including phenoxy) is 2. The number of hydrogen-bond donors (Lipinski definition) is 2. The zero-order valence-corrected chi connectivity index (χ0v) is 17.1. The average Bonchev–Trinajstić information content (AvgIpc) is 3.12. The van der Waals surface area contributed by atoms with Crippen LogP contribution in [0, 0.1) is 0 Å². The fraction of sp³-hybridized carbons (Fsp3) is 0.409. The van der Waals surface area contributed by atoms with E-state index in [1.54, 1.807) is 12.4 Å². The SMILES string of the molecule is CC(C)(C)OC(=O)NCCOCCC1(c2c(N)cnc3ccccc23)C=CC=N1. The molecule has 1 unspecified atom stereocenters. The fourth-order valence-electron chi connectivity index (χ4n) is 3.35. The third-order valence-electron chi connectivity index (χ3n) is 4.54. The number of anilines is 1. The smallest absolute Gasteiger partial charge is 0.407 e. The maximum atomic E-state index is 11.7. The highest BCUT2D eigenvalue weighted by molar-refractivity contribution is 5.89. The van der Waals surface area contributed by atoms with Crippen LogP contribution >= 0.6 is 0 Å². The Morgan fingerprint density at radius 3 is 2.76 bits per heavy atom. The van der Waals surface area contributed by atoms with E-state index < -0.39 is 17.2 Å². The number of nitrogens with one attached hydrogen (secondary N) is 1. The number of alkyl carbamates (subject to hydrolysis) is 1. The Kier molecular flexibility index (Phi) is 6.17. The molecule has 3 rings (SSSR count). The molecule has 0 saturated heterocycles. The topological polar surface area (TPSA) is 98.8 Å². The quantitative estimate of drug-likeness (QED) is 0.697. The highest BCUT2D eigenvalue weighted by atomic mass is 16.6.